The first-order chi connectivity index (χ1) is 32.7. The number of aromatic nitrogens is 3. The Bertz CT molecular complexity index is 3270. The largest absolute Gasteiger partial charge is 0.208 e. The molecular weight excluding hydrogens is 799 g/mol. The van der Waals surface area contributed by atoms with E-state index in [9.17, 15) is 0 Å². The van der Waals surface area contributed by atoms with E-state index in [1.54, 1.807) is 0 Å². The lowest BCUT2D eigenvalue weighted by Crippen LogP contribution is -2.00. The molecule has 3 heteroatoms. The lowest BCUT2D eigenvalue weighted by Gasteiger charge is -2.11. The van der Waals surface area contributed by atoms with Crippen molar-refractivity contribution in [3.05, 3.63) is 261 Å². The van der Waals surface area contributed by atoms with Gasteiger partial charge in [0.2, 0.25) is 0 Å². The van der Waals surface area contributed by atoms with E-state index in [0.717, 1.165) is 50.1 Å². The van der Waals surface area contributed by atoms with E-state index >= 15 is 0 Å². The third kappa shape index (κ3) is 8.62. The van der Waals surface area contributed by atoms with Crippen molar-refractivity contribution in [1.29, 1.82) is 0 Å². The first kappa shape index (κ1) is 40.0. The number of hydrogen-bond acceptors (Lipinski definition) is 3. The van der Waals surface area contributed by atoms with Crippen LogP contribution in [0.2, 0.25) is 0 Å². The molecular formula is C63H43N3. The van der Waals surface area contributed by atoms with Crippen LogP contribution in [0, 0.1) is 0 Å². The Morgan fingerprint density at radius 2 is 0.303 bits per heavy atom. The van der Waals surface area contributed by atoms with Gasteiger partial charge in [-0.05, 0) is 102 Å². The Morgan fingerprint density at radius 1 is 0.136 bits per heavy atom. The van der Waals surface area contributed by atoms with Crippen LogP contribution in [0.5, 0.6) is 0 Å². The van der Waals surface area contributed by atoms with Crippen LogP contribution in [0.25, 0.3) is 112 Å². The van der Waals surface area contributed by atoms with Gasteiger partial charge in [0.1, 0.15) is 0 Å². The molecule has 0 aliphatic heterocycles. The summed E-state index contributed by atoms with van der Waals surface area (Å²) < 4.78 is 0. The fraction of sp³-hybridized carbons (Fsp3) is 0. The van der Waals surface area contributed by atoms with E-state index in [2.05, 4.69) is 249 Å². The first-order valence-corrected chi connectivity index (χ1v) is 22.3. The summed E-state index contributed by atoms with van der Waals surface area (Å²) in [4.78, 5) is 15.4. The molecule has 310 valence electrons. The predicted molar refractivity (Wildman–Crippen MR) is 274 cm³/mol. The number of rotatable bonds is 10. The third-order valence-electron chi connectivity index (χ3n) is 12.2. The molecule has 0 saturated heterocycles. The zero-order chi connectivity index (χ0) is 44.1. The van der Waals surface area contributed by atoms with E-state index in [1.165, 1.54) is 44.5 Å². The molecule has 0 spiro atoms. The Morgan fingerprint density at radius 3 is 0.530 bits per heavy atom. The van der Waals surface area contributed by atoms with Gasteiger partial charge in [-0.1, -0.05) is 237 Å². The van der Waals surface area contributed by atoms with Crippen LogP contribution in [0.3, 0.4) is 0 Å². The zero-order valence-corrected chi connectivity index (χ0v) is 36.2. The Hall–Kier alpha value is -8.79. The fourth-order valence-corrected chi connectivity index (χ4v) is 8.60. The van der Waals surface area contributed by atoms with Crippen molar-refractivity contribution in [1.82, 2.24) is 15.0 Å². The Kier molecular flexibility index (Phi) is 11.0. The minimum absolute atomic E-state index is 0.618. The molecule has 0 fully saturated rings. The Labute approximate surface area is 386 Å². The lowest BCUT2D eigenvalue weighted by molar-refractivity contribution is 1.07. The summed E-state index contributed by atoms with van der Waals surface area (Å²) in [6.07, 6.45) is 0. The minimum atomic E-state index is 0.618. The highest BCUT2D eigenvalue weighted by Crippen LogP contribution is 2.34. The standard InChI is InChI=1S/C63H43N3/c1-4-14-44(15-5-1)53-20-10-23-56(40-53)47-28-34-50(35-29-47)61-64-62(51-36-30-48(31-37-51)57-24-11-21-54(41-57)45-16-6-2-7-17-45)66-63(65-61)52-38-32-49(33-39-52)58-25-13-27-60(43-58)59-26-12-22-55(42-59)46-18-8-3-9-19-46/h1-43H. The van der Waals surface area contributed by atoms with E-state index < -0.39 is 0 Å². The second-order valence-electron chi connectivity index (χ2n) is 16.5. The van der Waals surface area contributed by atoms with E-state index in [1.807, 2.05) is 12.1 Å². The van der Waals surface area contributed by atoms with Crippen molar-refractivity contribution < 1.29 is 0 Å². The van der Waals surface area contributed by atoms with Crippen molar-refractivity contribution in [2.24, 2.45) is 0 Å². The van der Waals surface area contributed by atoms with Crippen molar-refractivity contribution >= 4 is 0 Å². The van der Waals surface area contributed by atoms with Gasteiger partial charge in [0.05, 0.1) is 0 Å². The smallest absolute Gasteiger partial charge is 0.164 e. The minimum Gasteiger partial charge on any atom is -0.208 e. The molecule has 0 saturated carbocycles. The number of hydrogen-bond donors (Lipinski definition) is 0. The van der Waals surface area contributed by atoms with Gasteiger partial charge in [-0.15, -0.1) is 0 Å². The summed E-state index contributed by atoms with van der Waals surface area (Å²) in [5.41, 5.74) is 19.1. The average Bonchev–Trinajstić information content (AvgIpc) is 3.42. The van der Waals surface area contributed by atoms with Crippen molar-refractivity contribution in [2.45, 2.75) is 0 Å². The highest BCUT2D eigenvalue weighted by Gasteiger charge is 2.15. The maximum atomic E-state index is 5.13. The molecule has 10 aromatic carbocycles. The molecule has 0 atom stereocenters. The summed E-state index contributed by atoms with van der Waals surface area (Å²) in [7, 11) is 0. The summed E-state index contributed by atoms with van der Waals surface area (Å²) in [6.45, 7) is 0. The van der Waals surface area contributed by atoms with Gasteiger partial charge in [-0.25, -0.2) is 15.0 Å². The summed E-state index contributed by atoms with van der Waals surface area (Å²) in [6, 6.07) is 92.0. The fourth-order valence-electron chi connectivity index (χ4n) is 8.60. The molecule has 0 amide bonds. The Balaban J connectivity index is 0.925. The van der Waals surface area contributed by atoms with Gasteiger partial charge in [-0.3, -0.25) is 0 Å². The molecule has 0 aliphatic rings. The molecule has 11 rings (SSSR count). The van der Waals surface area contributed by atoms with E-state index in [0.29, 0.717) is 17.5 Å². The van der Waals surface area contributed by atoms with Crippen molar-refractivity contribution in [3.63, 3.8) is 0 Å². The first-order valence-electron chi connectivity index (χ1n) is 22.3. The maximum absolute atomic E-state index is 5.13. The third-order valence-corrected chi connectivity index (χ3v) is 12.2. The van der Waals surface area contributed by atoms with Gasteiger partial charge in [-0.2, -0.15) is 0 Å². The quantitative estimate of drug-likeness (QED) is 0.138. The van der Waals surface area contributed by atoms with Gasteiger partial charge >= 0.3 is 0 Å². The predicted octanol–water partition coefficient (Wildman–Crippen LogP) is 16.5. The molecule has 11 aromatic rings. The van der Waals surface area contributed by atoms with Crippen LogP contribution >= 0.6 is 0 Å². The topological polar surface area (TPSA) is 38.7 Å². The zero-order valence-electron chi connectivity index (χ0n) is 36.2. The molecule has 3 nitrogen and oxygen atoms in total. The van der Waals surface area contributed by atoms with Gasteiger partial charge < -0.3 is 0 Å². The van der Waals surface area contributed by atoms with Crippen molar-refractivity contribution in [2.75, 3.05) is 0 Å². The second kappa shape index (κ2) is 18.1. The second-order valence-corrected chi connectivity index (χ2v) is 16.5. The number of nitrogens with zero attached hydrogens (tertiary/aromatic N) is 3. The molecule has 1 heterocycles. The van der Waals surface area contributed by atoms with Gasteiger partial charge in [0, 0.05) is 16.7 Å². The van der Waals surface area contributed by atoms with Crippen LogP contribution in [-0.4, -0.2) is 15.0 Å². The van der Waals surface area contributed by atoms with Crippen LogP contribution < -0.4 is 0 Å². The molecule has 0 N–H and O–H groups in total. The van der Waals surface area contributed by atoms with Crippen LogP contribution in [0.15, 0.2) is 261 Å². The monoisotopic (exact) mass is 841 g/mol. The van der Waals surface area contributed by atoms with E-state index in [4.69, 9.17) is 15.0 Å². The van der Waals surface area contributed by atoms with E-state index in [-0.39, 0.29) is 0 Å². The van der Waals surface area contributed by atoms with Crippen LogP contribution in [0.1, 0.15) is 0 Å². The SMILES string of the molecule is c1ccc(-c2cccc(-c3ccc(-c4nc(-c5ccc(-c6cccc(-c7ccccc7)c6)cc5)nc(-c5ccc(-c6cccc(-c7cccc(-c8ccccc8)c7)c6)cc5)n4)cc3)c2)cc1. The molecule has 0 unspecified atom stereocenters. The molecule has 0 bridgehead atoms. The molecule has 0 aliphatic carbocycles. The maximum Gasteiger partial charge on any atom is 0.164 e. The lowest BCUT2D eigenvalue weighted by atomic mass is 9.96. The molecule has 66 heavy (non-hydrogen) atoms. The van der Waals surface area contributed by atoms with Crippen LogP contribution in [-0.2, 0) is 0 Å². The van der Waals surface area contributed by atoms with Gasteiger partial charge in [0.25, 0.3) is 0 Å². The summed E-state index contributed by atoms with van der Waals surface area (Å²) in [5.74, 6) is 1.86. The highest BCUT2D eigenvalue weighted by molar-refractivity contribution is 5.80. The highest BCUT2D eigenvalue weighted by atomic mass is 15.0. The summed E-state index contributed by atoms with van der Waals surface area (Å²) in [5, 5.41) is 0. The molecule has 1 aromatic heterocycles. The van der Waals surface area contributed by atoms with Crippen LogP contribution in [0.4, 0.5) is 0 Å². The van der Waals surface area contributed by atoms with Gasteiger partial charge in [0.15, 0.2) is 17.5 Å². The average molecular weight is 842 g/mol. The summed E-state index contributed by atoms with van der Waals surface area (Å²) >= 11 is 0. The number of benzene rings is 10. The normalized spacial score (nSPS) is 11.0. The van der Waals surface area contributed by atoms with Crippen molar-refractivity contribution in [3.8, 4) is 112 Å². The molecule has 0 radical (unpaired) electrons.